The van der Waals surface area contributed by atoms with Crippen molar-refractivity contribution < 1.29 is 19.4 Å². The molecule has 0 bridgehead atoms. The van der Waals surface area contributed by atoms with Crippen LogP contribution in [0, 0.1) is 0 Å². The van der Waals surface area contributed by atoms with Crippen LogP contribution in [0.25, 0.3) is 0 Å². The molecule has 1 aliphatic heterocycles. The van der Waals surface area contributed by atoms with Crippen LogP contribution < -0.4 is 9.47 Å². The minimum Gasteiger partial charge on any atom is -0.490 e. The first-order chi connectivity index (χ1) is 14.6. The van der Waals surface area contributed by atoms with Gasteiger partial charge in [-0.1, -0.05) is 56.2 Å². The van der Waals surface area contributed by atoms with Gasteiger partial charge in [0, 0.05) is 6.04 Å². The molecule has 5 nitrogen and oxygen atoms in total. The fourth-order valence-corrected chi connectivity index (χ4v) is 4.20. The van der Waals surface area contributed by atoms with E-state index < -0.39 is 12.0 Å². The van der Waals surface area contributed by atoms with Gasteiger partial charge >= 0.3 is 5.97 Å². The number of carboxylic acids is 1. The van der Waals surface area contributed by atoms with Gasteiger partial charge in [-0.2, -0.15) is 0 Å². The molecule has 2 atom stereocenters. The van der Waals surface area contributed by atoms with E-state index in [2.05, 4.69) is 17.9 Å². The van der Waals surface area contributed by atoms with E-state index in [1.807, 2.05) is 49.4 Å². The summed E-state index contributed by atoms with van der Waals surface area (Å²) in [4.78, 5) is 13.9. The lowest BCUT2D eigenvalue weighted by Gasteiger charge is -2.32. The molecule has 30 heavy (non-hydrogen) atoms. The van der Waals surface area contributed by atoms with Crippen LogP contribution >= 0.6 is 0 Å². The number of likely N-dealkylation sites (tertiary alicyclic amines) is 1. The van der Waals surface area contributed by atoms with Crippen molar-refractivity contribution in [2.45, 2.75) is 64.6 Å². The van der Waals surface area contributed by atoms with Gasteiger partial charge in [0.15, 0.2) is 11.5 Å². The topological polar surface area (TPSA) is 59.0 Å². The number of benzene rings is 2. The molecule has 0 amide bonds. The molecule has 1 aliphatic rings. The summed E-state index contributed by atoms with van der Waals surface area (Å²) >= 11 is 0. The van der Waals surface area contributed by atoms with Gasteiger partial charge in [0.25, 0.3) is 0 Å². The third kappa shape index (κ3) is 5.54. The first kappa shape index (κ1) is 22.2. The summed E-state index contributed by atoms with van der Waals surface area (Å²) in [6, 6.07) is 15.8. The highest BCUT2D eigenvalue weighted by Gasteiger charge is 2.36. The van der Waals surface area contributed by atoms with E-state index in [9.17, 15) is 9.90 Å². The Morgan fingerprint density at radius 2 is 1.93 bits per heavy atom. The zero-order chi connectivity index (χ0) is 21.3. The van der Waals surface area contributed by atoms with Crippen molar-refractivity contribution >= 4 is 5.97 Å². The van der Waals surface area contributed by atoms with Gasteiger partial charge < -0.3 is 14.6 Å². The standard InChI is InChI=1S/C25H33NO4/c1-3-5-12-21(26-16-9-13-22(26)25(27)28)20-14-15-23(24(17-20)29-4-2)30-18-19-10-7-6-8-11-19/h6-8,10-11,14-15,17,21-22H,3-5,9,12-13,16,18H2,1-2H3,(H,27,28). The third-order valence-corrected chi connectivity index (χ3v) is 5.70. The summed E-state index contributed by atoms with van der Waals surface area (Å²) in [6.45, 7) is 5.98. The lowest BCUT2D eigenvalue weighted by Crippen LogP contribution is -2.38. The number of ether oxygens (including phenoxy) is 2. The molecule has 2 unspecified atom stereocenters. The average molecular weight is 412 g/mol. The minimum absolute atomic E-state index is 0.0796. The predicted octanol–water partition coefficient (Wildman–Crippen LogP) is 5.44. The van der Waals surface area contributed by atoms with Crippen LogP contribution in [-0.2, 0) is 11.4 Å². The van der Waals surface area contributed by atoms with Crippen molar-refractivity contribution in [2.24, 2.45) is 0 Å². The van der Waals surface area contributed by atoms with Crippen LogP contribution in [0.5, 0.6) is 11.5 Å². The number of nitrogens with zero attached hydrogens (tertiary/aromatic N) is 1. The summed E-state index contributed by atoms with van der Waals surface area (Å²) in [6.07, 6.45) is 4.73. The Balaban J connectivity index is 1.84. The van der Waals surface area contributed by atoms with Gasteiger partial charge in [-0.15, -0.1) is 0 Å². The second-order valence-corrected chi connectivity index (χ2v) is 7.81. The van der Waals surface area contributed by atoms with Crippen LogP contribution in [0.3, 0.4) is 0 Å². The van der Waals surface area contributed by atoms with Gasteiger partial charge in [0.1, 0.15) is 12.6 Å². The summed E-state index contributed by atoms with van der Waals surface area (Å²) in [5.74, 6) is 0.718. The average Bonchev–Trinajstić information content (AvgIpc) is 3.24. The Labute approximate surface area is 179 Å². The highest BCUT2D eigenvalue weighted by atomic mass is 16.5. The molecule has 0 saturated carbocycles. The summed E-state index contributed by atoms with van der Waals surface area (Å²) in [7, 11) is 0. The maximum absolute atomic E-state index is 11.8. The second-order valence-electron chi connectivity index (χ2n) is 7.81. The number of hydrogen-bond donors (Lipinski definition) is 1. The third-order valence-electron chi connectivity index (χ3n) is 5.70. The molecule has 2 aromatic carbocycles. The van der Waals surface area contributed by atoms with Gasteiger partial charge in [-0.3, -0.25) is 9.69 Å². The second kappa shape index (κ2) is 11.0. The fourth-order valence-electron chi connectivity index (χ4n) is 4.20. The zero-order valence-electron chi connectivity index (χ0n) is 18.0. The summed E-state index contributed by atoms with van der Waals surface area (Å²) in [5, 5.41) is 9.68. The van der Waals surface area contributed by atoms with Gasteiger partial charge in [0.05, 0.1) is 6.61 Å². The van der Waals surface area contributed by atoms with E-state index in [4.69, 9.17) is 9.47 Å². The van der Waals surface area contributed by atoms with E-state index in [1.54, 1.807) is 0 Å². The van der Waals surface area contributed by atoms with Crippen molar-refractivity contribution in [3.05, 3.63) is 59.7 Å². The molecule has 1 N–H and O–H groups in total. The summed E-state index contributed by atoms with van der Waals surface area (Å²) in [5.41, 5.74) is 2.21. The lowest BCUT2D eigenvalue weighted by molar-refractivity contribution is -0.143. The van der Waals surface area contributed by atoms with Crippen LogP contribution in [-0.4, -0.2) is 35.2 Å². The Kier molecular flexibility index (Phi) is 8.14. The first-order valence-corrected chi connectivity index (χ1v) is 11.1. The number of carbonyl (C=O) groups is 1. The number of rotatable bonds is 11. The van der Waals surface area contributed by atoms with E-state index in [1.165, 1.54) is 0 Å². The number of hydrogen-bond acceptors (Lipinski definition) is 4. The van der Waals surface area contributed by atoms with E-state index in [0.717, 1.165) is 54.9 Å². The normalized spacial score (nSPS) is 17.6. The van der Waals surface area contributed by atoms with E-state index in [0.29, 0.717) is 19.6 Å². The molecule has 1 fully saturated rings. The molecular formula is C25H33NO4. The molecule has 5 heteroatoms. The van der Waals surface area contributed by atoms with Crippen molar-refractivity contribution in [3.63, 3.8) is 0 Å². The van der Waals surface area contributed by atoms with Crippen LogP contribution in [0.2, 0.25) is 0 Å². The Hall–Kier alpha value is -2.53. The zero-order valence-corrected chi connectivity index (χ0v) is 18.0. The van der Waals surface area contributed by atoms with Gasteiger partial charge in [-0.05, 0) is 56.0 Å². The maximum atomic E-state index is 11.8. The Bertz CT molecular complexity index is 808. The van der Waals surface area contributed by atoms with Crippen LogP contribution in [0.15, 0.2) is 48.5 Å². The predicted molar refractivity (Wildman–Crippen MR) is 118 cm³/mol. The van der Waals surface area contributed by atoms with Gasteiger partial charge in [0.2, 0.25) is 0 Å². The largest absolute Gasteiger partial charge is 0.490 e. The number of unbranched alkanes of at least 4 members (excludes halogenated alkanes) is 1. The molecule has 1 heterocycles. The molecule has 1 saturated heterocycles. The van der Waals surface area contributed by atoms with Gasteiger partial charge in [-0.25, -0.2) is 0 Å². The first-order valence-electron chi connectivity index (χ1n) is 11.1. The quantitative estimate of drug-likeness (QED) is 0.533. The lowest BCUT2D eigenvalue weighted by atomic mass is 9.98. The monoisotopic (exact) mass is 411 g/mol. The molecule has 0 aliphatic carbocycles. The highest BCUT2D eigenvalue weighted by Crippen LogP contribution is 2.38. The van der Waals surface area contributed by atoms with Crippen molar-refractivity contribution in [1.82, 2.24) is 4.90 Å². The summed E-state index contributed by atoms with van der Waals surface area (Å²) < 4.78 is 11.9. The van der Waals surface area contributed by atoms with Crippen LogP contribution in [0.4, 0.5) is 0 Å². The Morgan fingerprint density at radius 3 is 2.63 bits per heavy atom. The van der Waals surface area contributed by atoms with E-state index in [-0.39, 0.29) is 6.04 Å². The molecule has 162 valence electrons. The molecule has 0 spiro atoms. The molecule has 0 aromatic heterocycles. The smallest absolute Gasteiger partial charge is 0.320 e. The van der Waals surface area contributed by atoms with Crippen molar-refractivity contribution in [2.75, 3.05) is 13.2 Å². The Morgan fingerprint density at radius 1 is 1.13 bits per heavy atom. The fraction of sp³-hybridized carbons (Fsp3) is 0.480. The van der Waals surface area contributed by atoms with Crippen LogP contribution in [0.1, 0.15) is 63.1 Å². The van der Waals surface area contributed by atoms with Crippen molar-refractivity contribution in [3.8, 4) is 11.5 Å². The van der Waals surface area contributed by atoms with E-state index >= 15 is 0 Å². The highest BCUT2D eigenvalue weighted by molar-refractivity contribution is 5.74. The molecule has 3 rings (SSSR count). The molecule has 2 aromatic rings. The SMILES string of the molecule is CCCCC(c1ccc(OCc2ccccc2)c(OCC)c1)N1CCCC1C(=O)O. The molecular weight excluding hydrogens is 378 g/mol. The minimum atomic E-state index is -0.721. The number of aliphatic carboxylic acids is 1. The van der Waals surface area contributed by atoms with Crippen molar-refractivity contribution in [1.29, 1.82) is 0 Å². The molecule has 0 radical (unpaired) electrons. The maximum Gasteiger partial charge on any atom is 0.320 e. The number of carboxylic acid groups (broad SMARTS) is 1.